The lowest BCUT2D eigenvalue weighted by molar-refractivity contribution is 0.102. The van der Waals surface area contributed by atoms with Crippen LogP contribution in [0.25, 0.3) is 11.0 Å². The highest BCUT2D eigenvalue weighted by molar-refractivity contribution is 6.08. The van der Waals surface area contributed by atoms with E-state index in [4.69, 9.17) is 4.42 Å². The van der Waals surface area contributed by atoms with Crippen LogP contribution in [0.3, 0.4) is 0 Å². The summed E-state index contributed by atoms with van der Waals surface area (Å²) in [6.07, 6.45) is 0. The topological polar surface area (TPSA) is 79.5 Å². The molecule has 2 aromatic carbocycles. The maximum atomic E-state index is 13.1. The van der Waals surface area contributed by atoms with Crippen molar-refractivity contribution in [2.75, 3.05) is 5.32 Å². The van der Waals surface area contributed by atoms with Gasteiger partial charge in [0.15, 0.2) is 5.56 Å². The highest BCUT2D eigenvalue weighted by Gasteiger charge is 2.21. The number of hydrogen-bond acceptors (Lipinski definition) is 4. The molecule has 0 spiro atoms. The molecular formula is C16H9F2NO4. The van der Waals surface area contributed by atoms with Crippen LogP contribution in [0.5, 0.6) is 5.75 Å². The average Bonchev–Trinajstić information content (AvgIpc) is 2.49. The van der Waals surface area contributed by atoms with Gasteiger partial charge in [-0.1, -0.05) is 0 Å². The fraction of sp³-hybridized carbons (Fsp3) is 0. The van der Waals surface area contributed by atoms with Gasteiger partial charge in [-0.2, -0.15) is 0 Å². The first-order valence-electron chi connectivity index (χ1n) is 6.48. The summed E-state index contributed by atoms with van der Waals surface area (Å²) in [7, 11) is 0. The molecular weight excluding hydrogens is 308 g/mol. The monoisotopic (exact) mass is 317 g/mol. The molecule has 5 nitrogen and oxygen atoms in total. The number of amides is 1. The Morgan fingerprint density at radius 1 is 1.04 bits per heavy atom. The van der Waals surface area contributed by atoms with Crippen LogP contribution < -0.4 is 10.9 Å². The van der Waals surface area contributed by atoms with Gasteiger partial charge in [0.05, 0.1) is 5.39 Å². The fourth-order valence-electron chi connectivity index (χ4n) is 2.09. The van der Waals surface area contributed by atoms with Gasteiger partial charge >= 0.3 is 5.63 Å². The van der Waals surface area contributed by atoms with Crippen LogP contribution in [0, 0.1) is 11.6 Å². The molecule has 0 fully saturated rings. The van der Waals surface area contributed by atoms with Crippen molar-refractivity contribution in [2.24, 2.45) is 0 Å². The number of anilines is 1. The lowest BCUT2D eigenvalue weighted by Gasteiger charge is -2.07. The molecule has 0 unspecified atom stereocenters. The average molecular weight is 317 g/mol. The molecule has 2 N–H and O–H groups in total. The quantitative estimate of drug-likeness (QED) is 0.712. The van der Waals surface area contributed by atoms with Gasteiger partial charge in [-0.3, -0.25) is 4.79 Å². The van der Waals surface area contributed by atoms with Crippen molar-refractivity contribution in [3.8, 4) is 5.75 Å². The molecule has 1 heterocycles. The van der Waals surface area contributed by atoms with Crippen LogP contribution >= 0.6 is 0 Å². The summed E-state index contributed by atoms with van der Waals surface area (Å²) in [5.41, 5.74) is -1.67. The van der Waals surface area contributed by atoms with Gasteiger partial charge in [-0.15, -0.1) is 0 Å². The van der Waals surface area contributed by atoms with Crippen molar-refractivity contribution in [3.05, 3.63) is 70.1 Å². The number of aromatic hydroxyl groups is 1. The highest BCUT2D eigenvalue weighted by Crippen LogP contribution is 2.27. The molecule has 7 heteroatoms. The predicted molar refractivity (Wildman–Crippen MR) is 78.5 cm³/mol. The zero-order chi connectivity index (χ0) is 16.6. The van der Waals surface area contributed by atoms with Crippen molar-refractivity contribution in [2.45, 2.75) is 0 Å². The molecule has 23 heavy (non-hydrogen) atoms. The van der Waals surface area contributed by atoms with Crippen LogP contribution in [-0.4, -0.2) is 11.0 Å². The van der Waals surface area contributed by atoms with Crippen molar-refractivity contribution < 1.29 is 23.1 Å². The number of nitrogens with one attached hydrogen (secondary N) is 1. The summed E-state index contributed by atoms with van der Waals surface area (Å²) in [6.45, 7) is 0. The first kappa shape index (κ1) is 14.7. The smallest absolute Gasteiger partial charge is 0.353 e. The predicted octanol–water partition coefficient (Wildman–Crippen LogP) is 3.03. The molecule has 0 aliphatic rings. The van der Waals surface area contributed by atoms with E-state index in [9.17, 15) is 23.5 Å². The number of fused-ring (bicyclic) bond motifs is 1. The van der Waals surface area contributed by atoms with Crippen molar-refractivity contribution in [1.29, 1.82) is 0 Å². The summed E-state index contributed by atoms with van der Waals surface area (Å²) < 4.78 is 30.8. The summed E-state index contributed by atoms with van der Waals surface area (Å²) in [5, 5.41) is 12.5. The number of carbonyl (C=O) groups is 1. The van der Waals surface area contributed by atoms with Gasteiger partial charge in [0, 0.05) is 11.8 Å². The summed E-state index contributed by atoms with van der Waals surface area (Å²) in [5.74, 6) is -2.67. The third kappa shape index (κ3) is 2.76. The molecule has 1 aromatic heterocycles. The SMILES string of the molecule is O=C(Nc1ccc(F)cc1)c1c(O)c2ccc(F)cc2oc1=O. The van der Waals surface area contributed by atoms with E-state index in [0.29, 0.717) is 0 Å². The minimum Gasteiger partial charge on any atom is -0.506 e. The maximum absolute atomic E-state index is 13.1. The van der Waals surface area contributed by atoms with Gasteiger partial charge in [0.1, 0.15) is 23.0 Å². The Balaban J connectivity index is 2.05. The lowest BCUT2D eigenvalue weighted by Crippen LogP contribution is -2.21. The van der Waals surface area contributed by atoms with E-state index in [2.05, 4.69) is 5.32 Å². The molecule has 116 valence electrons. The van der Waals surface area contributed by atoms with Crippen molar-refractivity contribution >= 4 is 22.6 Å². The standard InChI is InChI=1S/C16H9F2NO4/c17-8-1-4-10(5-2-8)19-15(21)13-14(20)11-6-3-9(18)7-12(11)23-16(13)22/h1-7,20H,(H,19,21). The van der Waals surface area contributed by atoms with E-state index in [-0.39, 0.29) is 16.7 Å². The van der Waals surface area contributed by atoms with Crippen LogP contribution in [0.1, 0.15) is 10.4 Å². The van der Waals surface area contributed by atoms with Crippen molar-refractivity contribution in [1.82, 2.24) is 0 Å². The molecule has 3 rings (SSSR count). The Labute approximate surface area is 127 Å². The van der Waals surface area contributed by atoms with Gasteiger partial charge in [0.2, 0.25) is 0 Å². The first-order valence-corrected chi connectivity index (χ1v) is 6.48. The second-order valence-corrected chi connectivity index (χ2v) is 4.71. The molecule has 0 radical (unpaired) electrons. The Kier molecular flexibility index (Phi) is 3.53. The second-order valence-electron chi connectivity index (χ2n) is 4.71. The zero-order valence-corrected chi connectivity index (χ0v) is 11.5. The normalized spacial score (nSPS) is 10.7. The molecule has 1 amide bonds. The van der Waals surface area contributed by atoms with E-state index in [1.807, 2.05) is 0 Å². The number of carbonyl (C=O) groups excluding carboxylic acids is 1. The fourth-order valence-corrected chi connectivity index (χ4v) is 2.09. The van der Waals surface area contributed by atoms with E-state index >= 15 is 0 Å². The Morgan fingerprint density at radius 3 is 2.39 bits per heavy atom. The first-order chi connectivity index (χ1) is 11.0. The third-order valence-corrected chi connectivity index (χ3v) is 3.17. The Hall–Kier alpha value is -3.22. The lowest BCUT2D eigenvalue weighted by atomic mass is 10.1. The van der Waals surface area contributed by atoms with E-state index in [0.717, 1.165) is 24.3 Å². The van der Waals surface area contributed by atoms with E-state index < -0.39 is 34.5 Å². The van der Waals surface area contributed by atoms with E-state index in [1.165, 1.54) is 18.2 Å². The molecule has 0 aliphatic carbocycles. The molecule has 0 saturated carbocycles. The van der Waals surface area contributed by atoms with Crippen molar-refractivity contribution in [3.63, 3.8) is 0 Å². The van der Waals surface area contributed by atoms with Gasteiger partial charge < -0.3 is 14.8 Å². The summed E-state index contributed by atoms with van der Waals surface area (Å²) >= 11 is 0. The Morgan fingerprint density at radius 2 is 1.70 bits per heavy atom. The number of hydrogen-bond donors (Lipinski definition) is 2. The van der Waals surface area contributed by atoms with Crippen LogP contribution in [0.15, 0.2) is 51.7 Å². The Bertz CT molecular complexity index is 964. The number of benzene rings is 2. The van der Waals surface area contributed by atoms with Crippen LogP contribution in [0.4, 0.5) is 14.5 Å². The third-order valence-electron chi connectivity index (χ3n) is 3.17. The molecule has 0 bridgehead atoms. The summed E-state index contributed by atoms with van der Waals surface area (Å²) in [4.78, 5) is 24.0. The van der Waals surface area contributed by atoms with Crippen LogP contribution in [0.2, 0.25) is 0 Å². The zero-order valence-electron chi connectivity index (χ0n) is 11.5. The maximum Gasteiger partial charge on any atom is 0.353 e. The molecule has 3 aromatic rings. The van der Waals surface area contributed by atoms with Crippen LogP contribution in [-0.2, 0) is 0 Å². The molecule has 0 atom stereocenters. The number of rotatable bonds is 2. The minimum atomic E-state index is -1.11. The number of halogens is 2. The molecule has 0 saturated heterocycles. The highest BCUT2D eigenvalue weighted by atomic mass is 19.1. The second kappa shape index (κ2) is 5.53. The minimum absolute atomic E-state index is 0.0234. The largest absolute Gasteiger partial charge is 0.506 e. The van der Waals surface area contributed by atoms with Gasteiger partial charge in [-0.05, 0) is 36.4 Å². The van der Waals surface area contributed by atoms with E-state index in [1.54, 1.807) is 0 Å². The summed E-state index contributed by atoms with van der Waals surface area (Å²) in [6, 6.07) is 8.02. The van der Waals surface area contributed by atoms with Gasteiger partial charge in [-0.25, -0.2) is 13.6 Å². The molecule has 0 aliphatic heterocycles. The van der Waals surface area contributed by atoms with Gasteiger partial charge in [0.25, 0.3) is 5.91 Å².